The fraction of sp³-hybridized carbons (Fsp3) is 0. The highest BCUT2D eigenvalue weighted by Gasteiger charge is 2.23. The third kappa shape index (κ3) is 2.85. The van der Waals surface area contributed by atoms with Crippen LogP contribution in [-0.4, -0.2) is 25.3 Å². The highest BCUT2D eigenvalue weighted by Crippen LogP contribution is 2.22. The average molecular weight is 324 g/mol. The van der Waals surface area contributed by atoms with Gasteiger partial charge in [-0.05, 0) is 0 Å². The van der Waals surface area contributed by atoms with Gasteiger partial charge in [0.25, 0.3) is 22.8 Å². The van der Waals surface area contributed by atoms with Crippen LogP contribution in [0, 0.1) is 26.0 Å². The normalized spacial score (nSPS) is 10.3. The van der Waals surface area contributed by atoms with Gasteiger partial charge in [0.05, 0.1) is 21.5 Å². The maximum atomic E-state index is 13.2. The smallest absolute Gasteiger partial charge is 0.311 e. The number of nitro groups is 2. The van der Waals surface area contributed by atoms with Crippen molar-refractivity contribution in [3.8, 4) is 0 Å². The molecule has 23 heavy (non-hydrogen) atoms. The van der Waals surface area contributed by atoms with Crippen LogP contribution in [0.2, 0.25) is 0 Å². The van der Waals surface area contributed by atoms with Crippen LogP contribution in [0.4, 0.5) is 15.8 Å². The maximum Gasteiger partial charge on any atom is 0.335 e. The predicted octanol–water partition coefficient (Wildman–Crippen LogP) is 0.181. The minimum absolute atomic E-state index is 0.155. The Morgan fingerprint density at radius 1 is 1.09 bits per heavy atom. The number of nitrogens with zero attached hydrogens (tertiary/aromatic N) is 3. The number of aromatic amines is 1. The number of carbonyl (C=O) groups is 1. The fourth-order valence-electron chi connectivity index (χ4n) is 1.69. The largest absolute Gasteiger partial charge is 0.335 e. The molecule has 1 N–H and O–H groups in total. The number of hydrogen-bond acceptors (Lipinski definition) is 7. The lowest BCUT2D eigenvalue weighted by Crippen LogP contribution is -2.41. The van der Waals surface area contributed by atoms with Gasteiger partial charge in [-0.3, -0.25) is 29.8 Å². The maximum absolute atomic E-state index is 13.2. The molecular weight excluding hydrogens is 319 g/mol. The van der Waals surface area contributed by atoms with Gasteiger partial charge in [-0.1, -0.05) is 0 Å². The van der Waals surface area contributed by atoms with Crippen LogP contribution in [0.3, 0.4) is 0 Å². The summed E-state index contributed by atoms with van der Waals surface area (Å²) in [6.45, 7) is 0. The Kier molecular flexibility index (Phi) is 3.81. The van der Waals surface area contributed by atoms with Crippen LogP contribution in [0.1, 0.15) is 10.4 Å². The number of halogens is 1. The van der Waals surface area contributed by atoms with Crippen molar-refractivity contribution in [3.63, 3.8) is 0 Å². The van der Waals surface area contributed by atoms with Crippen molar-refractivity contribution >= 4 is 17.3 Å². The molecule has 0 saturated heterocycles. The van der Waals surface area contributed by atoms with Gasteiger partial charge in [-0.15, -0.1) is 0 Å². The van der Waals surface area contributed by atoms with E-state index in [9.17, 15) is 39.0 Å². The van der Waals surface area contributed by atoms with Gasteiger partial charge >= 0.3 is 5.69 Å². The minimum Gasteiger partial charge on any atom is -0.311 e. The third-order valence-electron chi connectivity index (χ3n) is 2.71. The number of rotatable bonds is 3. The Morgan fingerprint density at radius 2 is 1.61 bits per heavy atom. The van der Waals surface area contributed by atoms with Crippen molar-refractivity contribution in [1.82, 2.24) is 9.55 Å². The number of nitrogens with one attached hydrogen (secondary N) is 1. The van der Waals surface area contributed by atoms with Crippen LogP contribution < -0.4 is 11.2 Å². The van der Waals surface area contributed by atoms with E-state index in [1.54, 1.807) is 4.98 Å². The van der Waals surface area contributed by atoms with E-state index in [4.69, 9.17) is 0 Å². The molecule has 0 aliphatic carbocycles. The fourth-order valence-corrected chi connectivity index (χ4v) is 1.69. The standard InChI is InChI=1S/C11H5FN4O7/c12-8-4-13-11(19)14(10(8)18)9(17)5-1-6(15(20)21)3-7(2-5)16(22)23/h1-4H,(H,13,19). The van der Waals surface area contributed by atoms with E-state index in [-0.39, 0.29) is 4.57 Å². The molecule has 0 aliphatic heterocycles. The van der Waals surface area contributed by atoms with E-state index in [1.165, 1.54) is 0 Å². The quantitative estimate of drug-likeness (QED) is 0.622. The van der Waals surface area contributed by atoms with Crippen molar-refractivity contribution in [1.29, 1.82) is 0 Å². The molecule has 0 fully saturated rings. The van der Waals surface area contributed by atoms with Gasteiger partial charge in [0.2, 0.25) is 5.82 Å². The van der Waals surface area contributed by atoms with Crippen molar-refractivity contribution < 1.29 is 19.0 Å². The molecule has 0 unspecified atom stereocenters. The number of nitro benzene ring substituents is 2. The van der Waals surface area contributed by atoms with E-state index in [1.807, 2.05) is 0 Å². The van der Waals surface area contributed by atoms with Crippen LogP contribution in [0.5, 0.6) is 0 Å². The van der Waals surface area contributed by atoms with Crippen LogP contribution in [0.15, 0.2) is 34.0 Å². The summed E-state index contributed by atoms with van der Waals surface area (Å²) in [6, 6.07) is 1.85. The SMILES string of the molecule is O=C(c1cc([N+](=O)[O-])cc([N+](=O)[O-])c1)n1c(=O)[nH]cc(F)c1=O. The summed E-state index contributed by atoms with van der Waals surface area (Å²) >= 11 is 0. The molecule has 0 aliphatic rings. The monoisotopic (exact) mass is 324 g/mol. The van der Waals surface area contributed by atoms with Crippen LogP contribution in [-0.2, 0) is 0 Å². The van der Waals surface area contributed by atoms with Crippen molar-refractivity contribution in [3.05, 3.63) is 76.8 Å². The first-order valence-corrected chi connectivity index (χ1v) is 5.71. The van der Waals surface area contributed by atoms with Gasteiger partial charge < -0.3 is 4.98 Å². The highest BCUT2D eigenvalue weighted by molar-refractivity contribution is 5.97. The first kappa shape index (κ1) is 15.7. The molecule has 2 aromatic rings. The molecular formula is C11H5FN4O7. The van der Waals surface area contributed by atoms with Crippen LogP contribution in [0.25, 0.3) is 0 Å². The molecule has 11 nitrogen and oxygen atoms in total. The molecule has 1 aromatic carbocycles. The second kappa shape index (κ2) is 5.59. The Bertz CT molecular complexity index is 929. The molecule has 0 bridgehead atoms. The van der Waals surface area contributed by atoms with Crippen molar-refractivity contribution in [2.45, 2.75) is 0 Å². The summed E-state index contributed by atoms with van der Waals surface area (Å²) in [5, 5.41) is 21.5. The number of carbonyl (C=O) groups excluding carboxylic acids is 1. The number of benzene rings is 1. The summed E-state index contributed by atoms with van der Waals surface area (Å²) in [7, 11) is 0. The number of H-pyrrole nitrogens is 1. The average Bonchev–Trinajstić information content (AvgIpc) is 2.50. The van der Waals surface area contributed by atoms with E-state index in [0.717, 1.165) is 0 Å². The Morgan fingerprint density at radius 3 is 2.09 bits per heavy atom. The molecule has 2 rings (SSSR count). The van der Waals surface area contributed by atoms with Crippen molar-refractivity contribution in [2.75, 3.05) is 0 Å². The predicted molar refractivity (Wildman–Crippen MR) is 70.8 cm³/mol. The topological polar surface area (TPSA) is 158 Å². The summed E-state index contributed by atoms with van der Waals surface area (Å²) in [5.41, 5.74) is -5.18. The second-order valence-corrected chi connectivity index (χ2v) is 4.14. The third-order valence-corrected chi connectivity index (χ3v) is 2.71. The zero-order valence-corrected chi connectivity index (χ0v) is 10.9. The zero-order valence-electron chi connectivity index (χ0n) is 10.9. The van der Waals surface area contributed by atoms with E-state index in [2.05, 4.69) is 0 Å². The lowest BCUT2D eigenvalue weighted by Gasteiger charge is -2.03. The molecule has 0 atom stereocenters. The number of hydrogen-bond donors (Lipinski definition) is 1. The van der Waals surface area contributed by atoms with E-state index < -0.39 is 49.8 Å². The van der Waals surface area contributed by atoms with Gasteiger partial charge in [0, 0.05) is 18.3 Å². The number of non-ortho nitro benzene ring substituents is 2. The molecule has 1 aromatic heterocycles. The molecule has 0 spiro atoms. The molecule has 12 heteroatoms. The summed E-state index contributed by atoms with van der Waals surface area (Å²) in [4.78, 5) is 56.4. The summed E-state index contributed by atoms with van der Waals surface area (Å²) in [6.07, 6.45) is 0.435. The zero-order chi connectivity index (χ0) is 17.3. The Balaban J connectivity index is 2.72. The molecule has 118 valence electrons. The molecule has 0 amide bonds. The van der Waals surface area contributed by atoms with Crippen molar-refractivity contribution in [2.24, 2.45) is 0 Å². The van der Waals surface area contributed by atoms with E-state index in [0.29, 0.717) is 24.4 Å². The van der Waals surface area contributed by atoms with E-state index >= 15 is 0 Å². The summed E-state index contributed by atoms with van der Waals surface area (Å²) in [5.74, 6) is -2.89. The first-order valence-electron chi connectivity index (χ1n) is 5.71. The molecule has 0 saturated carbocycles. The molecule has 1 heterocycles. The van der Waals surface area contributed by atoms with Gasteiger partial charge in [-0.2, -0.15) is 8.96 Å². The second-order valence-electron chi connectivity index (χ2n) is 4.14. The lowest BCUT2D eigenvalue weighted by atomic mass is 10.1. The Labute approximate surface area is 123 Å². The molecule has 0 radical (unpaired) electrons. The van der Waals surface area contributed by atoms with Gasteiger partial charge in [0.1, 0.15) is 0 Å². The minimum atomic E-state index is -1.59. The highest BCUT2D eigenvalue weighted by atomic mass is 19.1. The Hall–Kier alpha value is -3.70. The van der Waals surface area contributed by atoms with Gasteiger partial charge in [0.15, 0.2) is 0 Å². The lowest BCUT2D eigenvalue weighted by molar-refractivity contribution is -0.394. The summed E-state index contributed by atoms with van der Waals surface area (Å²) < 4.78 is 13.0. The number of aromatic nitrogens is 2. The first-order chi connectivity index (χ1) is 10.7. The van der Waals surface area contributed by atoms with Crippen LogP contribution >= 0.6 is 0 Å². The van der Waals surface area contributed by atoms with Gasteiger partial charge in [-0.25, -0.2) is 4.79 Å².